The lowest BCUT2D eigenvalue weighted by Crippen LogP contribution is -2.28. The lowest BCUT2D eigenvalue weighted by Gasteiger charge is -2.27. The van der Waals surface area contributed by atoms with Gasteiger partial charge in [0.15, 0.2) is 5.13 Å². The normalized spacial score (nSPS) is 34.9. The number of nitrogens with zero attached hydrogens (tertiary/aromatic N) is 4. The SMILES string of the molecule is CC1CC(Cl)C(C)c2sc(Nc3nc(NC4CCNC4)nc(NC4CC5CCC4C5)n3)nc21. The van der Waals surface area contributed by atoms with E-state index in [1.54, 1.807) is 11.3 Å². The van der Waals surface area contributed by atoms with Gasteiger partial charge in [-0.2, -0.15) is 15.0 Å². The lowest BCUT2D eigenvalue weighted by atomic mass is 9.86. The Morgan fingerprint density at radius 3 is 2.48 bits per heavy atom. The number of hydrogen-bond acceptors (Lipinski definition) is 9. The summed E-state index contributed by atoms with van der Waals surface area (Å²) in [6.45, 7) is 6.36. The summed E-state index contributed by atoms with van der Waals surface area (Å²) in [5, 5.41) is 14.9. The summed E-state index contributed by atoms with van der Waals surface area (Å²) in [5.41, 5.74) is 1.16. The first kappa shape index (κ1) is 21.8. The molecule has 3 heterocycles. The van der Waals surface area contributed by atoms with Crippen LogP contribution in [0.4, 0.5) is 23.0 Å². The maximum absolute atomic E-state index is 6.59. The Hall–Kier alpha value is -1.71. The summed E-state index contributed by atoms with van der Waals surface area (Å²) < 4.78 is 0. The van der Waals surface area contributed by atoms with Gasteiger partial charge in [0.2, 0.25) is 17.8 Å². The van der Waals surface area contributed by atoms with Crippen molar-refractivity contribution in [2.45, 2.75) is 81.7 Å². The van der Waals surface area contributed by atoms with Crippen LogP contribution in [0.2, 0.25) is 0 Å². The summed E-state index contributed by atoms with van der Waals surface area (Å²) in [4.78, 5) is 20.4. The van der Waals surface area contributed by atoms with Crippen molar-refractivity contribution in [3.8, 4) is 0 Å². The fourth-order valence-electron chi connectivity index (χ4n) is 6.10. The molecule has 0 spiro atoms. The van der Waals surface area contributed by atoms with Crippen LogP contribution in [-0.2, 0) is 0 Å². The Bertz CT molecular complexity index is 1010. The molecule has 0 radical (unpaired) electrons. The number of anilines is 4. The quantitative estimate of drug-likeness (QED) is 0.435. The molecule has 7 atom stereocenters. The van der Waals surface area contributed by atoms with Crippen molar-refractivity contribution >= 4 is 45.9 Å². The Morgan fingerprint density at radius 2 is 1.76 bits per heavy atom. The van der Waals surface area contributed by atoms with Gasteiger partial charge < -0.3 is 16.0 Å². The Kier molecular flexibility index (Phi) is 5.82. The van der Waals surface area contributed by atoms with Gasteiger partial charge in [0.1, 0.15) is 0 Å². The molecule has 4 N–H and O–H groups in total. The van der Waals surface area contributed by atoms with Crippen molar-refractivity contribution in [1.29, 1.82) is 0 Å². The molecule has 178 valence electrons. The van der Waals surface area contributed by atoms with Crippen molar-refractivity contribution in [2.75, 3.05) is 29.0 Å². The first-order chi connectivity index (χ1) is 16.0. The molecule has 2 saturated carbocycles. The summed E-state index contributed by atoms with van der Waals surface area (Å²) in [6, 6.07) is 0.805. The molecule has 4 aliphatic rings. The third-order valence-electron chi connectivity index (χ3n) is 7.98. The second kappa shape index (κ2) is 8.82. The molecule has 6 rings (SSSR count). The monoisotopic (exact) mass is 488 g/mol. The Morgan fingerprint density at radius 1 is 0.939 bits per heavy atom. The van der Waals surface area contributed by atoms with Crippen LogP contribution in [0.1, 0.15) is 74.8 Å². The molecule has 10 heteroatoms. The number of halogens is 1. The first-order valence-corrected chi connectivity index (χ1v) is 13.7. The van der Waals surface area contributed by atoms with E-state index in [-0.39, 0.29) is 5.38 Å². The fraction of sp³-hybridized carbons (Fsp3) is 0.739. The highest BCUT2D eigenvalue weighted by atomic mass is 35.5. The summed E-state index contributed by atoms with van der Waals surface area (Å²) in [5.74, 6) is 4.11. The average Bonchev–Trinajstić information content (AvgIpc) is 3.57. The van der Waals surface area contributed by atoms with Gasteiger partial charge in [-0.1, -0.05) is 20.3 Å². The minimum absolute atomic E-state index is 0.159. The van der Waals surface area contributed by atoms with E-state index in [0.29, 0.717) is 41.8 Å². The molecule has 2 bridgehead atoms. The number of fused-ring (bicyclic) bond motifs is 3. The lowest BCUT2D eigenvalue weighted by molar-refractivity contribution is 0.438. The van der Waals surface area contributed by atoms with Crippen LogP contribution in [0.3, 0.4) is 0 Å². The fourth-order valence-corrected chi connectivity index (χ4v) is 7.76. The van der Waals surface area contributed by atoms with Crippen LogP contribution in [0.5, 0.6) is 0 Å². The molecule has 33 heavy (non-hydrogen) atoms. The van der Waals surface area contributed by atoms with Crippen molar-refractivity contribution in [3.63, 3.8) is 0 Å². The maximum Gasteiger partial charge on any atom is 0.235 e. The minimum Gasteiger partial charge on any atom is -0.351 e. The molecular formula is C23H33ClN8S. The van der Waals surface area contributed by atoms with Crippen LogP contribution in [-0.4, -0.2) is 50.5 Å². The summed E-state index contributed by atoms with van der Waals surface area (Å²) >= 11 is 8.27. The summed E-state index contributed by atoms with van der Waals surface area (Å²) in [7, 11) is 0. The molecule has 0 amide bonds. The molecule has 3 fully saturated rings. The molecular weight excluding hydrogens is 456 g/mol. The molecule has 2 aromatic heterocycles. The summed E-state index contributed by atoms with van der Waals surface area (Å²) in [6.07, 6.45) is 7.30. The maximum atomic E-state index is 6.59. The van der Waals surface area contributed by atoms with E-state index in [1.807, 2.05) is 0 Å². The molecule has 8 nitrogen and oxygen atoms in total. The van der Waals surface area contributed by atoms with Gasteiger partial charge in [-0.3, -0.25) is 5.32 Å². The molecule has 2 aromatic rings. The second-order valence-corrected chi connectivity index (χ2v) is 12.0. The third kappa shape index (κ3) is 4.39. The molecule has 7 unspecified atom stereocenters. The molecule has 3 aliphatic carbocycles. The van der Waals surface area contributed by atoms with Crippen LogP contribution in [0, 0.1) is 11.8 Å². The van der Waals surface area contributed by atoms with Crippen molar-refractivity contribution < 1.29 is 0 Å². The van der Waals surface area contributed by atoms with Crippen LogP contribution < -0.4 is 21.3 Å². The zero-order valence-electron chi connectivity index (χ0n) is 19.3. The number of nitrogens with one attached hydrogen (secondary N) is 4. The number of aromatic nitrogens is 4. The third-order valence-corrected chi connectivity index (χ3v) is 9.73. The van der Waals surface area contributed by atoms with E-state index in [2.05, 4.69) is 35.1 Å². The predicted molar refractivity (Wildman–Crippen MR) is 134 cm³/mol. The molecule has 1 aliphatic heterocycles. The van der Waals surface area contributed by atoms with Crippen molar-refractivity contribution in [3.05, 3.63) is 10.6 Å². The highest BCUT2D eigenvalue weighted by Gasteiger charge is 2.40. The zero-order chi connectivity index (χ0) is 22.5. The number of thiazole rings is 1. The standard InChI is InChI=1S/C23H33ClN8S/c1-11-7-16(24)12(2)19-18(11)28-23(33-19)32-22-30-20(26-15-5-6-25-10-15)29-21(31-22)27-17-9-13-3-4-14(17)8-13/h11-17,25H,3-10H2,1-2H3,(H3,26,27,28,29,30,31,32). The van der Waals surface area contributed by atoms with E-state index in [4.69, 9.17) is 31.5 Å². The Labute approximate surface area is 204 Å². The first-order valence-electron chi connectivity index (χ1n) is 12.4. The van der Waals surface area contributed by atoms with E-state index in [9.17, 15) is 0 Å². The number of alkyl halides is 1. The van der Waals surface area contributed by atoms with Crippen LogP contribution in [0.25, 0.3) is 0 Å². The smallest absolute Gasteiger partial charge is 0.235 e. The second-order valence-electron chi connectivity index (χ2n) is 10.4. The van der Waals surface area contributed by atoms with Gasteiger partial charge in [0.25, 0.3) is 0 Å². The zero-order valence-corrected chi connectivity index (χ0v) is 20.8. The topological polar surface area (TPSA) is 99.7 Å². The van der Waals surface area contributed by atoms with Crippen LogP contribution in [0.15, 0.2) is 0 Å². The number of hydrogen-bond donors (Lipinski definition) is 4. The average molecular weight is 489 g/mol. The van der Waals surface area contributed by atoms with Crippen molar-refractivity contribution in [2.24, 2.45) is 11.8 Å². The highest BCUT2D eigenvalue weighted by Crippen LogP contribution is 2.46. The largest absolute Gasteiger partial charge is 0.351 e. The van der Waals surface area contributed by atoms with Crippen molar-refractivity contribution in [1.82, 2.24) is 25.3 Å². The molecule has 0 aromatic carbocycles. The van der Waals surface area contributed by atoms with Gasteiger partial charge in [-0.15, -0.1) is 22.9 Å². The Balaban J connectivity index is 1.26. The van der Waals surface area contributed by atoms with E-state index >= 15 is 0 Å². The van der Waals surface area contributed by atoms with E-state index < -0.39 is 0 Å². The van der Waals surface area contributed by atoms with Gasteiger partial charge in [0, 0.05) is 40.7 Å². The van der Waals surface area contributed by atoms with Gasteiger partial charge in [0.05, 0.1) is 5.69 Å². The molecule has 1 saturated heterocycles. The van der Waals surface area contributed by atoms with Crippen LogP contribution >= 0.6 is 22.9 Å². The minimum atomic E-state index is 0.159. The van der Waals surface area contributed by atoms with E-state index in [1.165, 1.54) is 30.6 Å². The van der Waals surface area contributed by atoms with E-state index in [0.717, 1.165) is 48.6 Å². The predicted octanol–water partition coefficient (Wildman–Crippen LogP) is 4.66. The van der Waals surface area contributed by atoms with Gasteiger partial charge in [-0.05, 0) is 50.5 Å². The highest BCUT2D eigenvalue weighted by molar-refractivity contribution is 7.15. The van der Waals surface area contributed by atoms with Gasteiger partial charge in [-0.25, -0.2) is 4.98 Å². The number of rotatable bonds is 6. The van der Waals surface area contributed by atoms with Gasteiger partial charge >= 0.3 is 0 Å².